The minimum atomic E-state index is -1.31. The van der Waals surface area contributed by atoms with Crippen molar-refractivity contribution in [1.82, 2.24) is 0 Å². The fraction of sp³-hybridized carbons (Fsp3) is 0.800. The van der Waals surface area contributed by atoms with Crippen LogP contribution in [0.2, 0.25) is 5.09 Å². The van der Waals surface area contributed by atoms with Gasteiger partial charge < -0.3 is 10.2 Å². The molecule has 0 aromatic rings. The van der Waals surface area contributed by atoms with E-state index in [2.05, 4.69) is 31.6 Å². The van der Waals surface area contributed by atoms with Crippen LogP contribution in [0, 0.1) is 5.92 Å². The zero-order valence-electron chi connectivity index (χ0n) is 9.82. The second-order valence-electron chi connectivity index (χ2n) is 3.44. The fourth-order valence-corrected chi connectivity index (χ4v) is 1.23. The second-order valence-corrected chi connectivity index (χ2v) is 3.44. The molecule has 0 amide bonds. The number of aliphatic carboxylic acids is 2. The van der Waals surface area contributed by atoms with Gasteiger partial charge in [-0.2, -0.15) is 0 Å². The zero-order chi connectivity index (χ0) is 12.3. The Labute approximate surface area is 100 Å². The molecule has 5 heteroatoms. The van der Waals surface area contributed by atoms with E-state index in [0.29, 0.717) is 0 Å². The summed E-state index contributed by atoms with van der Waals surface area (Å²) in [4.78, 5) is 18.9. The molecule has 0 aromatic carbocycles. The van der Waals surface area contributed by atoms with Crippen molar-refractivity contribution in [3.05, 3.63) is 0 Å². The van der Waals surface area contributed by atoms with Crippen LogP contribution in [-0.2, 0) is 9.59 Å². The van der Waals surface area contributed by atoms with E-state index < -0.39 is 18.4 Å². The zero-order valence-corrected chi connectivity index (χ0v) is 9.82. The molecule has 0 aliphatic rings. The van der Waals surface area contributed by atoms with Crippen molar-refractivity contribution < 1.29 is 19.8 Å². The molecular weight excluding hydrogens is 191 g/mol. The predicted molar refractivity (Wildman–Crippen MR) is 59.1 cm³/mol. The monoisotopic (exact) mass is 210 g/mol. The average molecular weight is 210 g/mol. The molecule has 4 nitrogen and oxygen atoms in total. The van der Waals surface area contributed by atoms with Crippen LogP contribution in [0.4, 0.5) is 0 Å². The molecule has 0 saturated carbocycles. The molecule has 0 aromatic heterocycles. The molecule has 0 fully saturated rings. The van der Waals surface area contributed by atoms with Gasteiger partial charge >= 0.3 is 73.8 Å². The van der Waals surface area contributed by atoms with E-state index in [-0.39, 0.29) is 0 Å². The first-order valence-corrected chi connectivity index (χ1v) is 5.41. The Morgan fingerprint density at radius 2 is 1.67 bits per heavy atom. The summed E-state index contributed by atoms with van der Waals surface area (Å²) < 4.78 is 0. The Hall–Kier alpha value is -0.463. The Kier molecular flexibility index (Phi) is 13.1. The number of carbonyl (C=O) groups is 2. The molecule has 1 unspecified atom stereocenters. The SMILES string of the molecule is O=C(O)CC(=O)O.[Li][CH2]C(CC)CCC. The molecule has 0 saturated heterocycles. The van der Waals surface area contributed by atoms with Gasteiger partial charge in [-0.3, -0.25) is 9.59 Å². The van der Waals surface area contributed by atoms with Crippen LogP contribution in [0.15, 0.2) is 0 Å². The van der Waals surface area contributed by atoms with Gasteiger partial charge in [0.05, 0.1) is 0 Å². The van der Waals surface area contributed by atoms with E-state index in [9.17, 15) is 9.59 Å². The Morgan fingerprint density at radius 3 is 1.73 bits per heavy atom. The summed E-state index contributed by atoms with van der Waals surface area (Å²) in [5.41, 5.74) is 0. The second kappa shape index (κ2) is 11.6. The number of carboxylic acid groups (broad SMARTS) is 2. The summed E-state index contributed by atoms with van der Waals surface area (Å²) >= 11 is 2.28. The predicted octanol–water partition coefficient (Wildman–Crippen LogP) is 1.95. The number of rotatable bonds is 6. The average Bonchev–Trinajstić information content (AvgIpc) is 2.13. The number of hydrogen-bond acceptors (Lipinski definition) is 2. The Morgan fingerprint density at radius 1 is 1.20 bits per heavy atom. The molecule has 0 bridgehead atoms. The topological polar surface area (TPSA) is 74.6 Å². The maximum absolute atomic E-state index is 9.43. The summed E-state index contributed by atoms with van der Waals surface area (Å²) in [6.07, 6.45) is 3.34. The van der Waals surface area contributed by atoms with E-state index in [1.165, 1.54) is 24.4 Å². The van der Waals surface area contributed by atoms with Gasteiger partial charge in [0.25, 0.3) is 0 Å². The van der Waals surface area contributed by atoms with Crippen molar-refractivity contribution in [3.8, 4) is 0 Å². The van der Waals surface area contributed by atoms with Crippen LogP contribution in [-0.4, -0.2) is 39.9 Å². The summed E-state index contributed by atoms with van der Waals surface area (Å²) in [5, 5.41) is 16.8. The van der Waals surface area contributed by atoms with Crippen LogP contribution in [0.25, 0.3) is 0 Å². The fourth-order valence-electron chi connectivity index (χ4n) is 1.23. The van der Waals surface area contributed by atoms with E-state index in [1.807, 2.05) is 0 Å². The molecule has 0 spiro atoms. The summed E-state index contributed by atoms with van der Waals surface area (Å²) in [6.45, 7) is 4.54. The van der Waals surface area contributed by atoms with Crippen molar-refractivity contribution in [2.45, 2.75) is 44.6 Å². The molecule has 0 aliphatic heterocycles. The van der Waals surface area contributed by atoms with Crippen molar-refractivity contribution in [2.24, 2.45) is 5.92 Å². The van der Waals surface area contributed by atoms with Gasteiger partial charge in [0, 0.05) is 0 Å². The van der Waals surface area contributed by atoms with Crippen molar-refractivity contribution in [2.75, 3.05) is 0 Å². The van der Waals surface area contributed by atoms with Gasteiger partial charge in [-0.15, -0.1) is 0 Å². The van der Waals surface area contributed by atoms with Gasteiger partial charge in [-0.1, -0.05) is 0 Å². The van der Waals surface area contributed by atoms with Gasteiger partial charge in [0.1, 0.15) is 6.42 Å². The molecule has 0 aliphatic carbocycles. The van der Waals surface area contributed by atoms with Crippen LogP contribution in [0.1, 0.15) is 39.5 Å². The summed E-state index contributed by atoms with van der Waals surface area (Å²) in [5.74, 6) is -1.63. The van der Waals surface area contributed by atoms with Gasteiger partial charge in [0.15, 0.2) is 0 Å². The third-order valence-corrected chi connectivity index (χ3v) is 2.15. The molecule has 0 heterocycles. The quantitative estimate of drug-likeness (QED) is 0.519. The van der Waals surface area contributed by atoms with Crippen molar-refractivity contribution >= 4 is 29.7 Å². The van der Waals surface area contributed by atoms with E-state index in [4.69, 9.17) is 10.2 Å². The van der Waals surface area contributed by atoms with Crippen LogP contribution >= 0.6 is 0 Å². The molecule has 15 heavy (non-hydrogen) atoms. The molecular formula is C10H19LiO4. The third kappa shape index (κ3) is 16.2. The molecule has 84 valence electrons. The Balaban J connectivity index is 0. The van der Waals surface area contributed by atoms with Crippen molar-refractivity contribution in [3.63, 3.8) is 0 Å². The standard InChI is InChI=1S/C7H15.C3H4O4.Li/c1-4-6-7(3)5-2;4-2(5)1-3(6)7;/h7H,3-6H2,1-2H3;1H2,(H,4,5)(H,6,7);. The minimum absolute atomic E-state index is 0.806. The molecule has 1 atom stereocenters. The van der Waals surface area contributed by atoms with Gasteiger partial charge in [-0.05, 0) is 0 Å². The summed E-state index contributed by atoms with van der Waals surface area (Å²) in [7, 11) is 0. The first kappa shape index (κ1) is 16.9. The molecule has 2 N–H and O–H groups in total. The van der Waals surface area contributed by atoms with E-state index in [1.54, 1.807) is 0 Å². The van der Waals surface area contributed by atoms with Crippen LogP contribution < -0.4 is 0 Å². The third-order valence-electron chi connectivity index (χ3n) is 2.15. The van der Waals surface area contributed by atoms with Gasteiger partial charge in [0.2, 0.25) is 0 Å². The number of hydrogen-bond donors (Lipinski definition) is 2. The molecule has 0 radical (unpaired) electrons. The normalized spacial score (nSPS) is 11.2. The van der Waals surface area contributed by atoms with E-state index >= 15 is 0 Å². The van der Waals surface area contributed by atoms with Gasteiger partial charge in [-0.25, -0.2) is 0 Å². The summed E-state index contributed by atoms with van der Waals surface area (Å²) in [6, 6.07) is 0. The van der Waals surface area contributed by atoms with Crippen molar-refractivity contribution in [1.29, 1.82) is 0 Å². The maximum atomic E-state index is 9.43. The molecule has 0 rings (SSSR count). The first-order valence-electron chi connectivity index (χ1n) is 5.41. The number of carboxylic acids is 2. The van der Waals surface area contributed by atoms with Crippen LogP contribution in [0.3, 0.4) is 0 Å². The van der Waals surface area contributed by atoms with Crippen LogP contribution in [0.5, 0.6) is 0 Å². The Bertz CT molecular complexity index is 166. The van der Waals surface area contributed by atoms with E-state index in [0.717, 1.165) is 5.92 Å². The first-order chi connectivity index (χ1) is 6.97.